The second-order valence-electron chi connectivity index (χ2n) is 5.54. The van der Waals surface area contributed by atoms with Gasteiger partial charge < -0.3 is 16.4 Å². The summed E-state index contributed by atoms with van der Waals surface area (Å²) in [6.45, 7) is 4.69. The predicted octanol–water partition coefficient (Wildman–Crippen LogP) is 2.79. The van der Waals surface area contributed by atoms with E-state index in [0.29, 0.717) is 13.0 Å². The number of carbonyl (C=O) groups excluding carboxylic acids is 2. The molecule has 0 radical (unpaired) electrons. The third-order valence-electron chi connectivity index (χ3n) is 3.60. The second kappa shape index (κ2) is 9.82. The first kappa shape index (κ1) is 18.0. The van der Waals surface area contributed by atoms with Gasteiger partial charge in [0, 0.05) is 13.0 Å². The molecule has 0 aliphatic heterocycles. The minimum absolute atomic E-state index is 0.0737. The van der Waals surface area contributed by atoms with Crippen LogP contribution in [-0.2, 0) is 4.79 Å². The van der Waals surface area contributed by atoms with Gasteiger partial charge in [0.2, 0.25) is 5.91 Å². The van der Waals surface area contributed by atoms with Crippen LogP contribution in [0.1, 0.15) is 56.2 Å². The molecule has 0 aromatic heterocycles. The van der Waals surface area contributed by atoms with Crippen LogP contribution in [0.2, 0.25) is 0 Å². The molecule has 0 unspecified atom stereocenters. The number of nitrogens with two attached hydrogens (primary N) is 1. The first-order chi connectivity index (χ1) is 10.5. The average Bonchev–Trinajstić information content (AvgIpc) is 2.49. The highest BCUT2D eigenvalue weighted by molar-refractivity contribution is 5.76. The van der Waals surface area contributed by atoms with E-state index in [-0.39, 0.29) is 11.9 Å². The number of hydrogen-bond acceptors (Lipinski definition) is 2. The third-order valence-corrected chi connectivity index (χ3v) is 3.60. The van der Waals surface area contributed by atoms with Gasteiger partial charge in [-0.1, -0.05) is 43.2 Å². The fourth-order valence-electron chi connectivity index (χ4n) is 2.29. The van der Waals surface area contributed by atoms with E-state index in [2.05, 4.69) is 48.7 Å². The average molecular weight is 305 g/mol. The smallest absolute Gasteiger partial charge is 0.312 e. The minimum atomic E-state index is -0.498. The molecule has 3 amide bonds. The Balaban J connectivity index is 2.27. The molecule has 0 bridgehead atoms. The van der Waals surface area contributed by atoms with Gasteiger partial charge in [0.25, 0.3) is 0 Å². The fraction of sp³-hybridized carbons (Fsp3) is 0.529. The van der Waals surface area contributed by atoms with Crippen molar-refractivity contribution in [2.75, 3.05) is 6.54 Å². The van der Waals surface area contributed by atoms with Crippen molar-refractivity contribution >= 4 is 11.9 Å². The summed E-state index contributed by atoms with van der Waals surface area (Å²) in [5, 5.41) is 5.62. The number of urea groups is 1. The Kier molecular flexibility index (Phi) is 8.04. The zero-order chi connectivity index (χ0) is 16.4. The number of carbonyl (C=O) groups is 2. The number of hydrogen-bond donors (Lipinski definition) is 3. The summed E-state index contributed by atoms with van der Waals surface area (Å²) in [6, 6.07) is 7.84. The molecule has 1 rings (SSSR count). The van der Waals surface area contributed by atoms with E-state index in [1.54, 1.807) is 0 Å². The van der Waals surface area contributed by atoms with Crippen LogP contribution in [0.25, 0.3) is 0 Å². The number of unbranched alkanes of at least 4 members (excludes halogenated alkanes) is 2. The van der Waals surface area contributed by atoms with Crippen molar-refractivity contribution in [3.05, 3.63) is 35.4 Å². The van der Waals surface area contributed by atoms with Crippen molar-refractivity contribution < 1.29 is 9.59 Å². The van der Waals surface area contributed by atoms with Gasteiger partial charge >= 0.3 is 6.03 Å². The zero-order valence-electron chi connectivity index (χ0n) is 13.5. The van der Waals surface area contributed by atoms with Gasteiger partial charge in [-0.3, -0.25) is 4.79 Å². The molecular formula is C17H27N3O2. The fourth-order valence-corrected chi connectivity index (χ4v) is 2.29. The second-order valence-corrected chi connectivity index (χ2v) is 5.54. The van der Waals surface area contributed by atoms with Crippen molar-refractivity contribution in [1.82, 2.24) is 10.6 Å². The molecule has 1 aromatic carbocycles. The predicted molar refractivity (Wildman–Crippen MR) is 88.4 cm³/mol. The number of rotatable bonds is 9. The van der Waals surface area contributed by atoms with E-state index in [1.807, 2.05) is 0 Å². The lowest BCUT2D eigenvalue weighted by Gasteiger charge is -2.17. The molecule has 0 aliphatic rings. The Morgan fingerprint density at radius 3 is 2.41 bits per heavy atom. The molecule has 0 heterocycles. The lowest BCUT2D eigenvalue weighted by atomic mass is 10.0. The summed E-state index contributed by atoms with van der Waals surface area (Å²) in [7, 11) is 0. The SMILES string of the molecule is CC[C@H](NC(=O)CCCCCNC(N)=O)c1ccc(C)cc1. The van der Waals surface area contributed by atoms with Crippen LogP contribution in [0.4, 0.5) is 4.79 Å². The normalized spacial score (nSPS) is 11.7. The molecule has 4 N–H and O–H groups in total. The molecule has 1 atom stereocenters. The molecule has 0 aliphatic carbocycles. The minimum Gasteiger partial charge on any atom is -0.352 e. The monoisotopic (exact) mass is 305 g/mol. The lowest BCUT2D eigenvalue weighted by Crippen LogP contribution is -2.30. The van der Waals surface area contributed by atoms with E-state index in [4.69, 9.17) is 5.73 Å². The number of benzene rings is 1. The molecule has 0 saturated carbocycles. The van der Waals surface area contributed by atoms with E-state index < -0.39 is 6.03 Å². The highest BCUT2D eigenvalue weighted by Gasteiger charge is 2.12. The Labute approximate surface area is 132 Å². The molecule has 5 heteroatoms. The van der Waals surface area contributed by atoms with Gasteiger partial charge in [-0.05, 0) is 31.7 Å². The molecule has 0 spiro atoms. The number of nitrogens with one attached hydrogen (secondary N) is 2. The van der Waals surface area contributed by atoms with Crippen LogP contribution in [0, 0.1) is 6.92 Å². The molecular weight excluding hydrogens is 278 g/mol. The topological polar surface area (TPSA) is 84.2 Å². The molecule has 122 valence electrons. The van der Waals surface area contributed by atoms with Crippen LogP contribution < -0.4 is 16.4 Å². The van der Waals surface area contributed by atoms with Gasteiger partial charge in [-0.15, -0.1) is 0 Å². The summed E-state index contributed by atoms with van der Waals surface area (Å²) in [5.41, 5.74) is 7.34. The molecule has 5 nitrogen and oxygen atoms in total. The quantitative estimate of drug-likeness (QED) is 0.613. The van der Waals surface area contributed by atoms with Crippen LogP contribution >= 0.6 is 0 Å². The zero-order valence-corrected chi connectivity index (χ0v) is 13.5. The van der Waals surface area contributed by atoms with Crippen LogP contribution in [0.5, 0.6) is 0 Å². The van der Waals surface area contributed by atoms with E-state index in [0.717, 1.165) is 31.2 Å². The van der Waals surface area contributed by atoms with Gasteiger partial charge in [0.15, 0.2) is 0 Å². The van der Waals surface area contributed by atoms with Crippen LogP contribution in [0.3, 0.4) is 0 Å². The van der Waals surface area contributed by atoms with E-state index in [9.17, 15) is 9.59 Å². The maximum atomic E-state index is 12.0. The van der Waals surface area contributed by atoms with Gasteiger partial charge in [-0.2, -0.15) is 0 Å². The summed E-state index contributed by atoms with van der Waals surface area (Å²) < 4.78 is 0. The Hall–Kier alpha value is -2.04. The first-order valence-electron chi connectivity index (χ1n) is 7.92. The summed E-state index contributed by atoms with van der Waals surface area (Å²) >= 11 is 0. The third kappa shape index (κ3) is 7.11. The highest BCUT2D eigenvalue weighted by Crippen LogP contribution is 2.17. The van der Waals surface area contributed by atoms with Crippen molar-refractivity contribution in [3.8, 4) is 0 Å². The van der Waals surface area contributed by atoms with Crippen molar-refractivity contribution in [2.24, 2.45) is 5.73 Å². The maximum Gasteiger partial charge on any atom is 0.312 e. The molecule has 0 saturated heterocycles. The van der Waals surface area contributed by atoms with Crippen molar-refractivity contribution in [2.45, 2.75) is 52.0 Å². The van der Waals surface area contributed by atoms with Gasteiger partial charge in [0.1, 0.15) is 0 Å². The Morgan fingerprint density at radius 2 is 1.82 bits per heavy atom. The lowest BCUT2D eigenvalue weighted by molar-refractivity contribution is -0.122. The van der Waals surface area contributed by atoms with E-state index >= 15 is 0 Å². The summed E-state index contributed by atoms with van der Waals surface area (Å²) in [6.07, 6.45) is 3.94. The Morgan fingerprint density at radius 1 is 1.14 bits per heavy atom. The van der Waals surface area contributed by atoms with Crippen LogP contribution in [0.15, 0.2) is 24.3 Å². The number of primary amides is 1. The van der Waals surface area contributed by atoms with Crippen molar-refractivity contribution in [3.63, 3.8) is 0 Å². The largest absolute Gasteiger partial charge is 0.352 e. The van der Waals surface area contributed by atoms with E-state index in [1.165, 1.54) is 5.56 Å². The standard InChI is InChI=1S/C17H27N3O2/c1-3-15(14-10-8-13(2)9-11-14)20-16(21)7-5-4-6-12-19-17(18)22/h8-11,15H,3-7,12H2,1-2H3,(H,20,21)(H3,18,19,22)/t15-/m0/s1. The maximum absolute atomic E-state index is 12.0. The number of amides is 3. The van der Waals surface area contributed by atoms with Crippen LogP contribution in [-0.4, -0.2) is 18.5 Å². The molecule has 1 aromatic rings. The highest BCUT2D eigenvalue weighted by atomic mass is 16.2. The Bertz CT molecular complexity index is 471. The number of aryl methyl sites for hydroxylation is 1. The van der Waals surface area contributed by atoms with Gasteiger partial charge in [-0.25, -0.2) is 4.79 Å². The van der Waals surface area contributed by atoms with Crippen molar-refractivity contribution in [1.29, 1.82) is 0 Å². The molecule has 0 fully saturated rings. The molecule has 22 heavy (non-hydrogen) atoms. The summed E-state index contributed by atoms with van der Waals surface area (Å²) in [4.78, 5) is 22.5. The summed E-state index contributed by atoms with van der Waals surface area (Å²) in [5.74, 6) is 0.0790. The van der Waals surface area contributed by atoms with Gasteiger partial charge in [0.05, 0.1) is 6.04 Å². The first-order valence-corrected chi connectivity index (χ1v) is 7.92.